The maximum atomic E-state index is 12.7. The van der Waals surface area contributed by atoms with E-state index in [1.807, 2.05) is 0 Å². The molecule has 0 unspecified atom stereocenters. The molecule has 2 rings (SSSR count). The topological polar surface area (TPSA) is 92.8 Å². The van der Waals surface area contributed by atoms with Gasteiger partial charge in [0, 0.05) is 23.8 Å². The molecular formula is C20H23ClN2O5S. The minimum Gasteiger partial charge on any atom is -0.452 e. The monoisotopic (exact) mass is 438 g/mol. The van der Waals surface area contributed by atoms with Crippen LogP contribution in [0.3, 0.4) is 0 Å². The van der Waals surface area contributed by atoms with Gasteiger partial charge in [-0.3, -0.25) is 4.79 Å². The molecule has 0 fully saturated rings. The molecular weight excluding hydrogens is 416 g/mol. The van der Waals surface area contributed by atoms with Crippen molar-refractivity contribution in [2.45, 2.75) is 25.7 Å². The Morgan fingerprint density at radius 1 is 1.07 bits per heavy atom. The Bertz CT molecular complexity index is 986. The van der Waals surface area contributed by atoms with Crippen LogP contribution in [0.4, 0.5) is 5.69 Å². The smallest absolute Gasteiger partial charge is 0.338 e. The summed E-state index contributed by atoms with van der Waals surface area (Å²) in [4.78, 5) is 24.3. The van der Waals surface area contributed by atoms with E-state index in [0.717, 1.165) is 0 Å². The third-order valence-corrected chi connectivity index (χ3v) is 6.54. The number of anilines is 1. The first-order chi connectivity index (χ1) is 13.7. The molecule has 0 aromatic heterocycles. The number of carbonyl (C=O) groups is 2. The maximum absolute atomic E-state index is 12.7. The lowest BCUT2D eigenvalue weighted by Crippen LogP contribution is -2.30. The van der Waals surface area contributed by atoms with Crippen LogP contribution in [0, 0.1) is 6.92 Å². The van der Waals surface area contributed by atoms with Gasteiger partial charge in [-0.2, -0.15) is 4.31 Å². The first-order valence-corrected chi connectivity index (χ1v) is 10.8. The minimum atomic E-state index is -3.66. The number of sulfonamides is 1. The van der Waals surface area contributed by atoms with Gasteiger partial charge in [-0.05, 0) is 48.9 Å². The number of esters is 1. The number of aryl methyl sites for hydroxylation is 1. The molecule has 0 aliphatic heterocycles. The number of nitrogens with zero attached hydrogens (tertiary/aromatic N) is 1. The first-order valence-electron chi connectivity index (χ1n) is 9.02. The molecule has 0 saturated heterocycles. The molecule has 29 heavy (non-hydrogen) atoms. The highest BCUT2D eigenvalue weighted by atomic mass is 35.5. The van der Waals surface area contributed by atoms with E-state index in [1.165, 1.54) is 28.6 Å². The molecule has 2 aromatic rings. The van der Waals surface area contributed by atoms with Gasteiger partial charge in [-0.25, -0.2) is 13.2 Å². The molecule has 9 heteroatoms. The summed E-state index contributed by atoms with van der Waals surface area (Å²) in [5.74, 6) is -1.24. The summed E-state index contributed by atoms with van der Waals surface area (Å²) in [5, 5.41) is 3.07. The normalized spacial score (nSPS) is 11.3. The second kappa shape index (κ2) is 9.87. The van der Waals surface area contributed by atoms with Crippen molar-refractivity contribution in [2.24, 2.45) is 0 Å². The predicted molar refractivity (Wildman–Crippen MR) is 112 cm³/mol. The van der Waals surface area contributed by atoms with Crippen molar-refractivity contribution in [2.75, 3.05) is 25.0 Å². The number of hydrogen-bond acceptors (Lipinski definition) is 5. The van der Waals surface area contributed by atoms with Crippen LogP contribution in [0.2, 0.25) is 5.02 Å². The summed E-state index contributed by atoms with van der Waals surface area (Å²) in [7, 11) is -3.66. The van der Waals surface area contributed by atoms with E-state index >= 15 is 0 Å². The summed E-state index contributed by atoms with van der Waals surface area (Å²) in [6.07, 6.45) is 0. The summed E-state index contributed by atoms with van der Waals surface area (Å²) in [6.45, 7) is 5.43. The first kappa shape index (κ1) is 22.9. The fourth-order valence-electron chi connectivity index (χ4n) is 2.60. The van der Waals surface area contributed by atoms with Gasteiger partial charge in [0.25, 0.3) is 5.91 Å². The van der Waals surface area contributed by atoms with Crippen molar-refractivity contribution in [3.05, 3.63) is 58.6 Å². The summed E-state index contributed by atoms with van der Waals surface area (Å²) >= 11 is 5.77. The lowest BCUT2D eigenvalue weighted by Gasteiger charge is -2.19. The summed E-state index contributed by atoms with van der Waals surface area (Å²) < 4.78 is 31.7. The van der Waals surface area contributed by atoms with Gasteiger partial charge in [0.2, 0.25) is 10.0 Å². The van der Waals surface area contributed by atoms with Crippen LogP contribution in [-0.4, -0.2) is 44.3 Å². The van der Waals surface area contributed by atoms with Crippen molar-refractivity contribution < 1.29 is 22.7 Å². The van der Waals surface area contributed by atoms with Crippen molar-refractivity contribution >= 4 is 39.2 Å². The van der Waals surface area contributed by atoms with Crippen LogP contribution in [0.5, 0.6) is 0 Å². The van der Waals surface area contributed by atoms with Gasteiger partial charge in [0.1, 0.15) is 0 Å². The van der Waals surface area contributed by atoms with Crippen LogP contribution >= 0.6 is 11.6 Å². The highest BCUT2D eigenvalue weighted by Gasteiger charge is 2.22. The molecule has 0 spiro atoms. The summed E-state index contributed by atoms with van der Waals surface area (Å²) in [6, 6.07) is 10.6. The van der Waals surface area contributed by atoms with E-state index < -0.39 is 28.5 Å². The number of carbonyl (C=O) groups excluding carboxylic acids is 2. The molecule has 0 saturated carbocycles. The third-order valence-electron chi connectivity index (χ3n) is 4.24. The SMILES string of the molecule is CCN(CC)S(=O)(=O)c1ccc(C)c(NC(=O)COC(=O)c2ccc(Cl)cc2)c1. The van der Waals surface area contributed by atoms with Gasteiger partial charge >= 0.3 is 5.97 Å². The number of nitrogens with one attached hydrogen (secondary N) is 1. The third kappa shape index (κ3) is 5.79. The Morgan fingerprint density at radius 3 is 2.28 bits per heavy atom. The van der Waals surface area contributed by atoms with E-state index in [4.69, 9.17) is 16.3 Å². The maximum Gasteiger partial charge on any atom is 0.338 e. The van der Waals surface area contributed by atoms with Crippen molar-refractivity contribution in [1.82, 2.24) is 4.31 Å². The number of rotatable bonds is 8. The average molecular weight is 439 g/mol. The van der Waals surface area contributed by atoms with Crippen LogP contribution in [-0.2, 0) is 19.6 Å². The van der Waals surface area contributed by atoms with Crippen LogP contribution in [0.25, 0.3) is 0 Å². The number of hydrogen-bond donors (Lipinski definition) is 1. The lowest BCUT2D eigenvalue weighted by atomic mass is 10.2. The van der Waals surface area contributed by atoms with E-state index in [2.05, 4.69) is 5.32 Å². The van der Waals surface area contributed by atoms with Crippen LogP contribution in [0.15, 0.2) is 47.4 Å². The molecule has 0 bridgehead atoms. The number of ether oxygens (including phenoxy) is 1. The van der Waals surface area contributed by atoms with E-state index in [1.54, 1.807) is 39.0 Å². The fourth-order valence-corrected chi connectivity index (χ4v) is 4.21. The van der Waals surface area contributed by atoms with Gasteiger partial charge in [0.15, 0.2) is 6.61 Å². The largest absolute Gasteiger partial charge is 0.452 e. The molecule has 1 N–H and O–H groups in total. The molecule has 1 amide bonds. The Balaban J connectivity index is 2.08. The Morgan fingerprint density at radius 2 is 1.69 bits per heavy atom. The summed E-state index contributed by atoms with van der Waals surface area (Å²) in [5.41, 5.74) is 1.29. The highest BCUT2D eigenvalue weighted by Crippen LogP contribution is 2.23. The quantitative estimate of drug-likeness (QED) is 0.637. The predicted octanol–water partition coefficient (Wildman–Crippen LogP) is 3.47. The molecule has 7 nitrogen and oxygen atoms in total. The molecule has 2 aromatic carbocycles. The van der Waals surface area contributed by atoms with Gasteiger partial charge < -0.3 is 10.1 Å². The Labute approximate surface area is 175 Å². The molecule has 0 aliphatic rings. The van der Waals surface area contributed by atoms with Gasteiger partial charge in [-0.15, -0.1) is 0 Å². The molecule has 0 aliphatic carbocycles. The van der Waals surface area contributed by atoms with Gasteiger partial charge in [0.05, 0.1) is 10.5 Å². The molecule has 0 heterocycles. The standard InChI is InChI=1S/C20H23ClN2O5S/c1-4-23(5-2)29(26,27)17-11-6-14(3)18(12-17)22-19(24)13-28-20(25)15-7-9-16(21)10-8-15/h6-12H,4-5,13H2,1-3H3,(H,22,24). The van der Waals surface area contributed by atoms with Crippen molar-refractivity contribution in [3.8, 4) is 0 Å². The van der Waals surface area contributed by atoms with Crippen LogP contribution in [0.1, 0.15) is 29.8 Å². The zero-order chi connectivity index (χ0) is 21.6. The zero-order valence-corrected chi connectivity index (χ0v) is 18.0. The van der Waals surface area contributed by atoms with E-state index in [0.29, 0.717) is 29.4 Å². The molecule has 156 valence electrons. The average Bonchev–Trinajstić information content (AvgIpc) is 2.69. The molecule has 0 radical (unpaired) electrons. The van der Waals surface area contributed by atoms with Crippen LogP contribution < -0.4 is 5.32 Å². The van der Waals surface area contributed by atoms with Crippen molar-refractivity contribution in [1.29, 1.82) is 0 Å². The Hall–Kier alpha value is -2.42. The number of halogens is 1. The minimum absolute atomic E-state index is 0.0836. The van der Waals surface area contributed by atoms with Gasteiger partial charge in [-0.1, -0.05) is 31.5 Å². The molecule has 0 atom stereocenters. The fraction of sp³-hybridized carbons (Fsp3) is 0.300. The zero-order valence-electron chi connectivity index (χ0n) is 16.4. The second-order valence-electron chi connectivity index (χ2n) is 6.20. The Kier molecular flexibility index (Phi) is 7.78. The van der Waals surface area contributed by atoms with Crippen molar-refractivity contribution in [3.63, 3.8) is 0 Å². The number of benzene rings is 2. The van der Waals surface area contributed by atoms with E-state index in [9.17, 15) is 18.0 Å². The highest BCUT2D eigenvalue weighted by molar-refractivity contribution is 7.89. The second-order valence-corrected chi connectivity index (χ2v) is 8.57. The lowest BCUT2D eigenvalue weighted by molar-refractivity contribution is -0.119. The number of amides is 1. The van der Waals surface area contributed by atoms with E-state index in [-0.39, 0.29) is 10.5 Å².